The number of carbonyl (C=O) groups is 1. The summed E-state index contributed by atoms with van der Waals surface area (Å²) in [5.41, 5.74) is 0.819. The Morgan fingerprint density at radius 1 is 1.19 bits per heavy atom. The standard InChI is InChI=1S/C17H22N2O2/c1-13(2)19(11-16-10-9-14(3)21-16)12-17(20)18-15-7-5-4-6-8-15/h4-10,13H,11-12H2,1-3H3,(H,18,20). The molecule has 1 N–H and O–H groups in total. The molecule has 0 atom stereocenters. The van der Waals surface area contributed by atoms with Gasteiger partial charge in [-0.3, -0.25) is 9.69 Å². The van der Waals surface area contributed by atoms with Crippen LogP contribution in [-0.4, -0.2) is 23.4 Å². The molecule has 1 aromatic heterocycles. The lowest BCUT2D eigenvalue weighted by atomic mass is 10.2. The van der Waals surface area contributed by atoms with E-state index in [1.54, 1.807) is 0 Å². The molecule has 2 rings (SSSR count). The highest BCUT2D eigenvalue weighted by Crippen LogP contribution is 2.12. The van der Waals surface area contributed by atoms with Crippen LogP contribution in [0.2, 0.25) is 0 Å². The topological polar surface area (TPSA) is 45.5 Å². The number of hydrogen-bond acceptors (Lipinski definition) is 3. The normalized spacial score (nSPS) is 11.1. The van der Waals surface area contributed by atoms with Crippen LogP contribution in [0.5, 0.6) is 0 Å². The van der Waals surface area contributed by atoms with Crippen LogP contribution in [0.25, 0.3) is 0 Å². The van der Waals surface area contributed by atoms with Crippen molar-refractivity contribution in [2.24, 2.45) is 0 Å². The Morgan fingerprint density at radius 2 is 1.90 bits per heavy atom. The summed E-state index contributed by atoms with van der Waals surface area (Å²) in [6.45, 7) is 7.04. The molecule has 0 radical (unpaired) electrons. The molecule has 0 spiro atoms. The van der Waals surface area contributed by atoms with Crippen LogP contribution in [-0.2, 0) is 11.3 Å². The first-order valence-electron chi connectivity index (χ1n) is 7.19. The predicted molar refractivity (Wildman–Crippen MR) is 84.1 cm³/mol. The maximum atomic E-state index is 12.1. The summed E-state index contributed by atoms with van der Waals surface area (Å²) < 4.78 is 5.59. The average molecular weight is 286 g/mol. The second-order valence-corrected chi connectivity index (χ2v) is 5.43. The number of hydrogen-bond donors (Lipinski definition) is 1. The van der Waals surface area contributed by atoms with Gasteiger partial charge in [-0.25, -0.2) is 0 Å². The van der Waals surface area contributed by atoms with Crippen LogP contribution >= 0.6 is 0 Å². The lowest BCUT2D eigenvalue weighted by Gasteiger charge is -2.24. The largest absolute Gasteiger partial charge is 0.465 e. The smallest absolute Gasteiger partial charge is 0.238 e. The number of nitrogens with one attached hydrogen (secondary N) is 1. The van der Waals surface area contributed by atoms with E-state index < -0.39 is 0 Å². The highest BCUT2D eigenvalue weighted by atomic mass is 16.3. The van der Waals surface area contributed by atoms with Crippen LogP contribution in [0.1, 0.15) is 25.4 Å². The van der Waals surface area contributed by atoms with Gasteiger partial charge in [0.05, 0.1) is 13.1 Å². The predicted octanol–water partition coefficient (Wildman–Crippen LogP) is 3.44. The quantitative estimate of drug-likeness (QED) is 0.884. The van der Waals surface area contributed by atoms with E-state index in [-0.39, 0.29) is 11.9 Å². The SMILES string of the molecule is Cc1ccc(CN(CC(=O)Nc2ccccc2)C(C)C)o1. The van der Waals surface area contributed by atoms with Gasteiger partial charge in [0, 0.05) is 11.7 Å². The first-order chi connectivity index (χ1) is 10.0. The van der Waals surface area contributed by atoms with Crippen molar-refractivity contribution >= 4 is 11.6 Å². The average Bonchev–Trinajstić information content (AvgIpc) is 2.84. The summed E-state index contributed by atoms with van der Waals surface area (Å²) in [4.78, 5) is 14.2. The number of para-hydroxylation sites is 1. The Bertz CT molecular complexity index is 575. The maximum Gasteiger partial charge on any atom is 0.238 e. The Hall–Kier alpha value is -2.07. The summed E-state index contributed by atoms with van der Waals surface area (Å²) in [7, 11) is 0. The molecule has 0 aliphatic heterocycles. The summed E-state index contributed by atoms with van der Waals surface area (Å²) in [6, 6.07) is 13.7. The Morgan fingerprint density at radius 3 is 2.48 bits per heavy atom. The molecule has 1 aromatic carbocycles. The molecule has 1 amide bonds. The van der Waals surface area contributed by atoms with E-state index in [0.29, 0.717) is 13.1 Å². The number of benzene rings is 1. The second-order valence-electron chi connectivity index (χ2n) is 5.43. The third-order valence-electron chi connectivity index (χ3n) is 3.29. The fourth-order valence-electron chi connectivity index (χ4n) is 2.10. The third kappa shape index (κ3) is 4.76. The second kappa shape index (κ2) is 7.09. The molecular formula is C17H22N2O2. The van der Waals surface area contributed by atoms with E-state index in [4.69, 9.17) is 4.42 Å². The number of amides is 1. The molecular weight excluding hydrogens is 264 g/mol. The summed E-state index contributed by atoms with van der Waals surface area (Å²) in [5.74, 6) is 1.76. The van der Waals surface area contributed by atoms with Crippen molar-refractivity contribution < 1.29 is 9.21 Å². The number of rotatable bonds is 6. The first kappa shape index (κ1) is 15.3. The van der Waals surface area contributed by atoms with E-state index in [1.165, 1.54) is 0 Å². The van der Waals surface area contributed by atoms with Crippen molar-refractivity contribution in [2.75, 3.05) is 11.9 Å². The zero-order chi connectivity index (χ0) is 15.2. The van der Waals surface area contributed by atoms with Gasteiger partial charge in [-0.2, -0.15) is 0 Å². The van der Waals surface area contributed by atoms with Gasteiger partial charge in [0.1, 0.15) is 11.5 Å². The third-order valence-corrected chi connectivity index (χ3v) is 3.29. The molecule has 0 saturated heterocycles. The van der Waals surface area contributed by atoms with Crippen molar-refractivity contribution in [1.82, 2.24) is 4.90 Å². The van der Waals surface area contributed by atoms with Gasteiger partial charge in [0.25, 0.3) is 0 Å². The van der Waals surface area contributed by atoms with Crippen molar-refractivity contribution in [3.8, 4) is 0 Å². The number of aryl methyl sites for hydroxylation is 1. The van der Waals surface area contributed by atoms with Gasteiger partial charge in [-0.1, -0.05) is 18.2 Å². The molecule has 0 fully saturated rings. The number of nitrogens with zero attached hydrogens (tertiary/aromatic N) is 1. The highest BCUT2D eigenvalue weighted by Gasteiger charge is 2.16. The molecule has 0 aliphatic rings. The van der Waals surface area contributed by atoms with Crippen molar-refractivity contribution in [3.05, 3.63) is 54.0 Å². The zero-order valence-corrected chi connectivity index (χ0v) is 12.8. The Labute approximate surface area is 125 Å². The van der Waals surface area contributed by atoms with E-state index in [1.807, 2.05) is 49.4 Å². The summed E-state index contributed by atoms with van der Waals surface area (Å²) in [6.07, 6.45) is 0. The Kier molecular flexibility index (Phi) is 5.17. The van der Waals surface area contributed by atoms with Gasteiger partial charge >= 0.3 is 0 Å². The monoisotopic (exact) mass is 286 g/mol. The molecule has 4 nitrogen and oxygen atoms in total. The van der Waals surface area contributed by atoms with Crippen molar-refractivity contribution in [1.29, 1.82) is 0 Å². The minimum absolute atomic E-state index is 0.0156. The zero-order valence-electron chi connectivity index (χ0n) is 12.8. The fourth-order valence-corrected chi connectivity index (χ4v) is 2.10. The van der Waals surface area contributed by atoms with Gasteiger partial charge in [-0.15, -0.1) is 0 Å². The van der Waals surface area contributed by atoms with Crippen molar-refractivity contribution in [3.63, 3.8) is 0 Å². The van der Waals surface area contributed by atoms with Gasteiger partial charge in [0.2, 0.25) is 5.91 Å². The van der Waals surface area contributed by atoms with E-state index in [9.17, 15) is 4.79 Å². The molecule has 21 heavy (non-hydrogen) atoms. The molecule has 4 heteroatoms. The van der Waals surface area contributed by atoms with E-state index in [2.05, 4.69) is 24.1 Å². The molecule has 112 valence electrons. The van der Waals surface area contributed by atoms with Crippen LogP contribution < -0.4 is 5.32 Å². The molecule has 0 bridgehead atoms. The van der Waals surface area contributed by atoms with Crippen LogP contribution in [0.15, 0.2) is 46.9 Å². The minimum Gasteiger partial charge on any atom is -0.465 e. The van der Waals surface area contributed by atoms with Crippen LogP contribution in [0, 0.1) is 6.92 Å². The van der Waals surface area contributed by atoms with Crippen LogP contribution in [0.3, 0.4) is 0 Å². The van der Waals surface area contributed by atoms with E-state index in [0.717, 1.165) is 17.2 Å². The molecule has 0 saturated carbocycles. The van der Waals surface area contributed by atoms with Gasteiger partial charge in [-0.05, 0) is 45.0 Å². The molecule has 0 aliphatic carbocycles. The van der Waals surface area contributed by atoms with Gasteiger partial charge < -0.3 is 9.73 Å². The van der Waals surface area contributed by atoms with Gasteiger partial charge in [0.15, 0.2) is 0 Å². The van der Waals surface area contributed by atoms with Crippen LogP contribution in [0.4, 0.5) is 5.69 Å². The summed E-state index contributed by atoms with van der Waals surface area (Å²) in [5, 5.41) is 2.91. The minimum atomic E-state index is -0.0156. The number of furan rings is 1. The van der Waals surface area contributed by atoms with Crippen molar-refractivity contribution in [2.45, 2.75) is 33.4 Å². The molecule has 0 unspecified atom stereocenters. The maximum absolute atomic E-state index is 12.1. The number of anilines is 1. The fraction of sp³-hybridized carbons (Fsp3) is 0.353. The Balaban J connectivity index is 1.94. The molecule has 2 aromatic rings. The summed E-state index contributed by atoms with van der Waals surface area (Å²) >= 11 is 0. The lowest BCUT2D eigenvalue weighted by Crippen LogP contribution is -2.37. The first-order valence-corrected chi connectivity index (χ1v) is 7.19. The lowest BCUT2D eigenvalue weighted by molar-refractivity contribution is -0.117. The highest BCUT2D eigenvalue weighted by molar-refractivity contribution is 5.92. The number of carbonyl (C=O) groups excluding carboxylic acids is 1. The van der Waals surface area contributed by atoms with E-state index >= 15 is 0 Å². The molecule has 1 heterocycles.